The Morgan fingerprint density at radius 2 is 1.71 bits per heavy atom. The van der Waals surface area contributed by atoms with Crippen LogP contribution in [-0.4, -0.2) is 44.0 Å². The van der Waals surface area contributed by atoms with Gasteiger partial charge in [-0.25, -0.2) is 0 Å². The van der Waals surface area contributed by atoms with Crippen molar-refractivity contribution in [3.05, 3.63) is 35.4 Å². The molecule has 0 bridgehead atoms. The first-order chi connectivity index (χ1) is 9.76. The molecule has 0 saturated heterocycles. The van der Waals surface area contributed by atoms with E-state index in [0.717, 1.165) is 12.1 Å². The highest BCUT2D eigenvalue weighted by atomic mass is 16.8. The molecule has 2 rings (SSSR count). The molecule has 118 valence electrons. The Balaban J connectivity index is 2.25. The molecule has 0 heterocycles. The topological polar surface area (TPSA) is 122 Å². The van der Waals surface area contributed by atoms with E-state index in [2.05, 4.69) is 5.32 Å². The van der Waals surface area contributed by atoms with Crippen LogP contribution in [0.15, 0.2) is 24.3 Å². The lowest BCUT2D eigenvalue weighted by atomic mass is 9.85. The Morgan fingerprint density at radius 3 is 2.29 bits per heavy atom. The van der Waals surface area contributed by atoms with Crippen LogP contribution < -0.4 is 5.32 Å². The zero-order chi connectivity index (χ0) is 15.7. The van der Waals surface area contributed by atoms with Crippen molar-refractivity contribution < 1.29 is 30.3 Å². The number of fused-ring (bicyclic) bond motifs is 1. The van der Waals surface area contributed by atoms with Crippen molar-refractivity contribution in [2.24, 2.45) is 0 Å². The molecule has 0 aromatic heterocycles. The molecule has 7 nitrogen and oxygen atoms in total. The van der Waals surface area contributed by atoms with Crippen LogP contribution in [0.4, 0.5) is 0 Å². The molecule has 21 heavy (non-hydrogen) atoms. The third-order valence-corrected chi connectivity index (χ3v) is 3.63. The minimum absolute atomic E-state index is 0.125. The second kappa shape index (κ2) is 5.98. The van der Waals surface area contributed by atoms with Crippen LogP contribution in [-0.2, 0) is 4.74 Å². The highest BCUT2D eigenvalue weighted by Gasteiger charge is 2.50. The number of benzene rings is 1. The van der Waals surface area contributed by atoms with Crippen LogP contribution in [0.2, 0.25) is 0 Å². The molecule has 0 aliphatic heterocycles. The molecule has 1 unspecified atom stereocenters. The number of rotatable bonds is 5. The highest BCUT2D eigenvalue weighted by Crippen LogP contribution is 2.40. The maximum absolute atomic E-state index is 9.47. The van der Waals surface area contributed by atoms with Crippen molar-refractivity contribution in [2.75, 3.05) is 6.54 Å². The van der Waals surface area contributed by atoms with Crippen molar-refractivity contribution in [2.45, 2.75) is 43.9 Å². The smallest absolute Gasteiger partial charge is 0.337 e. The lowest BCUT2D eigenvalue weighted by Crippen LogP contribution is -2.56. The van der Waals surface area contributed by atoms with Gasteiger partial charge in [-0.05, 0) is 30.5 Å². The number of nitrogens with one attached hydrogen (secondary N) is 1. The molecule has 6 N–H and O–H groups in total. The molecular weight excluding hydrogens is 278 g/mol. The van der Waals surface area contributed by atoms with Crippen LogP contribution in [0.25, 0.3) is 0 Å². The van der Waals surface area contributed by atoms with E-state index in [0.29, 0.717) is 18.4 Å². The summed E-state index contributed by atoms with van der Waals surface area (Å²) in [6, 6.07) is 7.45. The van der Waals surface area contributed by atoms with Gasteiger partial charge in [-0.2, -0.15) is 0 Å². The van der Waals surface area contributed by atoms with Crippen molar-refractivity contribution in [3.8, 4) is 0 Å². The average Bonchev–Trinajstić information content (AvgIpc) is 2.40. The Hall–Kier alpha value is -1.06. The fraction of sp³-hybridized carbons (Fsp3) is 0.571. The molecule has 0 saturated carbocycles. The normalized spacial score (nSPS) is 23.0. The summed E-state index contributed by atoms with van der Waals surface area (Å²) in [7, 11) is 0. The largest absolute Gasteiger partial charge is 0.365 e. The Morgan fingerprint density at radius 1 is 1.10 bits per heavy atom. The minimum Gasteiger partial charge on any atom is -0.337 e. The first kappa shape index (κ1) is 16.3. The number of hydrogen-bond acceptors (Lipinski definition) is 7. The molecule has 0 spiro atoms. The lowest BCUT2D eigenvalue weighted by molar-refractivity contribution is -0.529. The monoisotopic (exact) mass is 299 g/mol. The molecule has 2 atom stereocenters. The number of aliphatic hydroxyl groups is 5. The van der Waals surface area contributed by atoms with Gasteiger partial charge in [0.25, 0.3) is 0 Å². The first-order valence-electron chi connectivity index (χ1n) is 6.88. The maximum atomic E-state index is 9.47. The SMILES string of the molecule is CCN[C@H]1CCC(OC(O)(O)C(O)(O)O)c2ccccc21. The summed E-state index contributed by atoms with van der Waals surface area (Å²) in [5.74, 6) is -7.24. The van der Waals surface area contributed by atoms with E-state index < -0.39 is 18.1 Å². The fourth-order valence-electron chi connectivity index (χ4n) is 2.61. The van der Waals surface area contributed by atoms with Crippen LogP contribution in [0.5, 0.6) is 0 Å². The van der Waals surface area contributed by atoms with Gasteiger partial charge >= 0.3 is 11.9 Å². The van der Waals surface area contributed by atoms with Crippen molar-refractivity contribution in [1.82, 2.24) is 5.32 Å². The van der Waals surface area contributed by atoms with Gasteiger partial charge in [0.2, 0.25) is 0 Å². The predicted octanol–water partition coefficient (Wildman–Crippen LogP) is -0.542. The number of ether oxygens (including phenoxy) is 1. The summed E-state index contributed by atoms with van der Waals surface area (Å²) in [6.45, 7) is 2.79. The van der Waals surface area contributed by atoms with Gasteiger partial charge in [0, 0.05) is 6.04 Å². The Bertz CT molecular complexity index is 485. The summed E-state index contributed by atoms with van der Waals surface area (Å²) in [4.78, 5) is 0. The minimum atomic E-state index is -3.76. The summed E-state index contributed by atoms with van der Waals surface area (Å²) in [6.07, 6.45) is 0.353. The zero-order valence-corrected chi connectivity index (χ0v) is 11.7. The fourth-order valence-corrected chi connectivity index (χ4v) is 2.61. The van der Waals surface area contributed by atoms with Gasteiger partial charge in [-0.1, -0.05) is 31.2 Å². The molecule has 1 aliphatic rings. The van der Waals surface area contributed by atoms with Crippen molar-refractivity contribution in [1.29, 1.82) is 0 Å². The van der Waals surface area contributed by atoms with E-state index in [9.17, 15) is 10.2 Å². The first-order valence-corrected chi connectivity index (χ1v) is 6.88. The Kier molecular flexibility index (Phi) is 4.64. The predicted molar refractivity (Wildman–Crippen MR) is 72.5 cm³/mol. The molecule has 0 fully saturated rings. The molecule has 1 aliphatic carbocycles. The van der Waals surface area contributed by atoms with E-state index in [4.69, 9.17) is 20.1 Å². The van der Waals surface area contributed by atoms with Gasteiger partial charge < -0.3 is 35.6 Å². The molecule has 0 radical (unpaired) electrons. The van der Waals surface area contributed by atoms with Crippen LogP contribution >= 0.6 is 0 Å². The van der Waals surface area contributed by atoms with E-state index >= 15 is 0 Å². The van der Waals surface area contributed by atoms with E-state index in [1.54, 1.807) is 12.1 Å². The van der Waals surface area contributed by atoms with Crippen molar-refractivity contribution >= 4 is 0 Å². The lowest BCUT2D eigenvalue weighted by Gasteiger charge is -2.37. The molecule has 1 aromatic carbocycles. The van der Waals surface area contributed by atoms with E-state index in [1.807, 2.05) is 19.1 Å². The third kappa shape index (κ3) is 3.41. The van der Waals surface area contributed by atoms with Gasteiger partial charge in [-0.3, -0.25) is 0 Å². The third-order valence-electron chi connectivity index (χ3n) is 3.63. The molecular formula is C14H21NO6. The van der Waals surface area contributed by atoms with Crippen molar-refractivity contribution in [3.63, 3.8) is 0 Å². The van der Waals surface area contributed by atoms with E-state index in [-0.39, 0.29) is 6.04 Å². The van der Waals surface area contributed by atoms with Gasteiger partial charge in [0.05, 0.1) is 6.10 Å². The average molecular weight is 299 g/mol. The quantitative estimate of drug-likeness (QED) is 0.404. The number of hydrogen-bond donors (Lipinski definition) is 6. The van der Waals surface area contributed by atoms with E-state index in [1.165, 1.54) is 0 Å². The summed E-state index contributed by atoms with van der Waals surface area (Å²) in [5.41, 5.74) is 1.66. The second-order valence-electron chi connectivity index (χ2n) is 5.17. The summed E-state index contributed by atoms with van der Waals surface area (Å²) < 4.78 is 4.93. The van der Waals surface area contributed by atoms with Crippen LogP contribution in [0.1, 0.15) is 43.0 Å². The van der Waals surface area contributed by atoms with Gasteiger partial charge in [0.15, 0.2) is 0 Å². The summed E-state index contributed by atoms with van der Waals surface area (Å²) >= 11 is 0. The maximum Gasteiger partial charge on any atom is 0.365 e. The standard InChI is InChI=1S/C14H21NO6/c1-2-15-11-7-8-12(10-6-4-3-5-9(10)11)21-14(19,20)13(16,17)18/h3-6,11-12,15-20H,2,7-8H2,1H3/t11-,12?/m0/s1. The molecule has 7 heteroatoms. The van der Waals surface area contributed by atoms with Crippen LogP contribution in [0, 0.1) is 0 Å². The van der Waals surface area contributed by atoms with Gasteiger partial charge in [0.1, 0.15) is 0 Å². The Labute approximate surface area is 122 Å². The van der Waals surface area contributed by atoms with Gasteiger partial charge in [-0.15, -0.1) is 0 Å². The molecule has 1 aromatic rings. The second-order valence-corrected chi connectivity index (χ2v) is 5.17. The zero-order valence-electron chi connectivity index (χ0n) is 11.7. The molecule has 0 amide bonds. The summed E-state index contributed by atoms with van der Waals surface area (Å²) in [5, 5.41) is 49.1. The highest BCUT2D eigenvalue weighted by molar-refractivity contribution is 5.34. The van der Waals surface area contributed by atoms with Crippen LogP contribution in [0.3, 0.4) is 0 Å².